The number of aromatic nitrogens is 1. The van der Waals surface area contributed by atoms with Crippen LogP contribution in [0.2, 0.25) is 0 Å². The van der Waals surface area contributed by atoms with Gasteiger partial charge < -0.3 is 10.1 Å². The maximum absolute atomic E-state index is 13.7. The van der Waals surface area contributed by atoms with E-state index >= 15 is 0 Å². The fourth-order valence-corrected chi connectivity index (χ4v) is 3.83. The number of ether oxygens (including phenoxy) is 1. The summed E-state index contributed by atoms with van der Waals surface area (Å²) in [6.07, 6.45) is 4.49. The Morgan fingerprint density at radius 2 is 2.21 bits per heavy atom. The van der Waals surface area contributed by atoms with Crippen molar-refractivity contribution in [2.24, 2.45) is 0 Å². The fraction of sp³-hybridized carbons (Fsp3) is 0.450. The Bertz CT molecular complexity index is 821. The number of hydrogen-bond donors (Lipinski definition) is 2. The maximum atomic E-state index is 13.7. The van der Waals surface area contributed by atoms with Crippen molar-refractivity contribution < 1.29 is 18.7 Å². The van der Waals surface area contributed by atoms with Gasteiger partial charge in [0.15, 0.2) is 5.13 Å². The minimum absolute atomic E-state index is 0.0444. The second kappa shape index (κ2) is 9.75. The molecule has 150 valence electrons. The average molecular weight is 405 g/mol. The minimum atomic E-state index is -0.590. The normalized spacial score (nSPS) is 17.3. The zero-order valence-corrected chi connectivity index (χ0v) is 16.6. The molecule has 0 aliphatic carbocycles. The van der Waals surface area contributed by atoms with E-state index in [9.17, 15) is 14.0 Å². The van der Waals surface area contributed by atoms with E-state index in [-0.39, 0.29) is 23.9 Å². The molecule has 1 aromatic carbocycles. The SMILES string of the molecule is CC(CCC1CCCO1)NC(=O)Cc1csc(NC(=O)c2ccccc2F)n1. The lowest BCUT2D eigenvalue weighted by molar-refractivity contribution is -0.121. The van der Waals surface area contributed by atoms with E-state index < -0.39 is 11.7 Å². The third-order valence-corrected chi connectivity index (χ3v) is 5.39. The molecule has 2 unspecified atom stereocenters. The quantitative estimate of drug-likeness (QED) is 0.704. The summed E-state index contributed by atoms with van der Waals surface area (Å²) in [5.41, 5.74) is 0.523. The van der Waals surface area contributed by atoms with Gasteiger partial charge in [-0.3, -0.25) is 14.9 Å². The Balaban J connectivity index is 1.45. The number of amides is 2. The van der Waals surface area contributed by atoms with Crippen LogP contribution in [0.3, 0.4) is 0 Å². The van der Waals surface area contributed by atoms with Gasteiger partial charge in [-0.05, 0) is 44.7 Å². The molecule has 2 aromatic rings. The van der Waals surface area contributed by atoms with Gasteiger partial charge in [-0.2, -0.15) is 0 Å². The van der Waals surface area contributed by atoms with Gasteiger partial charge in [-0.25, -0.2) is 9.37 Å². The standard InChI is InChI=1S/C20H24FN3O3S/c1-13(8-9-15-5-4-10-27-15)22-18(25)11-14-12-28-20(23-14)24-19(26)16-6-2-3-7-17(16)21/h2-3,6-7,12-13,15H,4-5,8-11H2,1H3,(H,22,25)(H,23,24,26). The van der Waals surface area contributed by atoms with Crippen LogP contribution in [0.5, 0.6) is 0 Å². The molecule has 1 aliphatic heterocycles. The van der Waals surface area contributed by atoms with Crippen LogP contribution in [-0.4, -0.2) is 35.6 Å². The highest BCUT2D eigenvalue weighted by Crippen LogP contribution is 2.19. The molecule has 2 N–H and O–H groups in total. The number of benzene rings is 1. The predicted octanol–water partition coefficient (Wildman–Crippen LogP) is 3.54. The zero-order chi connectivity index (χ0) is 19.9. The molecule has 0 bridgehead atoms. The Hall–Kier alpha value is -2.32. The number of nitrogens with zero attached hydrogens (tertiary/aromatic N) is 1. The van der Waals surface area contributed by atoms with Crippen molar-refractivity contribution >= 4 is 28.3 Å². The number of nitrogens with one attached hydrogen (secondary N) is 2. The molecule has 1 aromatic heterocycles. The van der Waals surface area contributed by atoms with Crippen LogP contribution in [0.4, 0.5) is 9.52 Å². The van der Waals surface area contributed by atoms with Crippen LogP contribution in [-0.2, 0) is 16.0 Å². The number of halogens is 1. The Morgan fingerprint density at radius 1 is 1.39 bits per heavy atom. The molecule has 1 fully saturated rings. The van der Waals surface area contributed by atoms with E-state index in [0.29, 0.717) is 16.9 Å². The summed E-state index contributed by atoms with van der Waals surface area (Å²) in [6, 6.07) is 5.82. The van der Waals surface area contributed by atoms with Crippen molar-refractivity contribution in [1.29, 1.82) is 0 Å². The molecule has 8 heteroatoms. The summed E-state index contributed by atoms with van der Waals surface area (Å²) < 4.78 is 19.3. The first kappa shape index (κ1) is 20.4. The summed E-state index contributed by atoms with van der Waals surface area (Å²) in [5.74, 6) is -1.27. The molecule has 1 saturated heterocycles. The van der Waals surface area contributed by atoms with Crippen LogP contribution in [0.25, 0.3) is 0 Å². The topological polar surface area (TPSA) is 80.3 Å². The Morgan fingerprint density at radius 3 is 2.96 bits per heavy atom. The van der Waals surface area contributed by atoms with Gasteiger partial charge in [0.05, 0.1) is 23.8 Å². The van der Waals surface area contributed by atoms with Crippen molar-refractivity contribution in [3.05, 3.63) is 46.7 Å². The first-order valence-electron chi connectivity index (χ1n) is 9.42. The molecular weight excluding hydrogens is 381 g/mol. The Kier molecular flexibility index (Phi) is 7.11. The van der Waals surface area contributed by atoms with Crippen LogP contribution >= 0.6 is 11.3 Å². The van der Waals surface area contributed by atoms with E-state index in [1.807, 2.05) is 6.92 Å². The molecule has 0 spiro atoms. The highest BCUT2D eigenvalue weighted by Gasteiger charge is 2.18. The molecular formula is C20H24FN3O3S. The summed E-state index contributed by atoms with van der Waals surface area (Å²) in [6.45, 7) is 2.82. The predicted molar refractivity (Wildman–Crippen MR) is 106 cm³/mol. The van der Waals surface area contributed by atoms with Gasteiger partial charge in [0.1, 0.15) is 5.82 Å². The zero-order valence-electron chi connectivity index (χ0n) is 15.7. The number of anilines is 1. The molecule has 0 radical (unpaired) electrons. The highest BCUT2D eigenvalue weighted by atomic mass is 32.1. The van der Waals surface area contributed by atoms with Crippen molar-refractivity contribution in [1.82, 2.24) is 10.3 Å². The first-order valence-corrected chi connectivity index (χ1v) is 10.3. The van der Waals surface area contributed by atoms with Crippen LogP contribution < -0.4 is 10.6 Å². The van der Waals surface area contributed by atoms with Crippen molar-refractivity contribution in [2.75, 3.05) is 11.9 Å². The number of rotatable bonds is 8. The molecule has 0 saturated carbocycles. The number of thiazole rings is 1. The largest absolute Gasteiger partial charge is 0.378 e. The van der Waals surface area contributed by atoms with Gasteiger partial charge in [-0.15, -0.1) is 11.3 Å². The van der Waals surface area contributed by atoms with Gasteiger partial charge in [0.25, 0.3) is 5.91 Å². The molecule has 2 amide bonds. The summed E-state index contributed by atoms with van der Waals surface area (Å²) in [5, 5.41) is 7.59. The summed E-state index contributed by atoms with van der Waals surface area (Å²) >= 11 is 1.20. The monoisotopic (exact) mass is 405 g/mol. The van der Waals surface area contributed by atoms with E-state index in [2.05, 4.69) is 15.6 Å². The van der Waals surface area contributed by atoms with E-state index in [1.54, 1.807) is 11.4 Å². The molecule has 2 heterocycles. The van der Waals surface area contributed by atoms with E-state index in [4.69, 9.17) is 4.74 Å². The van der Waals surface area contributed by atoms with E-state index in [1.165, 1.54) is 29.5 Å². The van der Waals surface area contributed by atoms with E-state index in [0.717, 1.165) is 32.3 Å². The highest BCUT2D eigenvalue weighted by molar-refractivity contribution is 7.14. The molecule has 1 aliphatic rings. The lowest BCUT2D eigenvalue weighted by atomic mass is 10.1. The summed E-state index contributed by atoms with van der Waals surface area (Å²) in [7, 11) is 0. The van der Waals surface area contributed by atoms with Gasteiger partial charge in [0, 0.05) is 18.0 Å². The Labute approximate surface area is 167 Å². The molecule has 3 rings (SSSR count). The minimum Gasteiger partial charge on any atom is -0.378 e. The first-order chi connectivity index (χ1) is 13.5. The van der Waals surface area contributed by atoms with Crippen LogP contribution in [0, 0.1) is 5.82 Å². The third-order valence-electron chi connectivity index (χ3n) is 4.59. The maximum Gasteiger partial charge on any atom is 0.260 e. The lowest BCUT2D eigenvalue weighted by Crippen LogP contribution is -2.34. The van der Waals surface area contributed by atoms with Crippen LogP contribution in [0.15, 0.2) is 29.6 Å². The van der Waals surface area contributed by atoms with Crippen molar-refractivity contribution in [3.63, 3.8) is 0 Å². The molecule has 2 atom stereocenters. The average Bonchev–Trinajstić information content (AvgIpc) is 3.32. The second-order valence-electron chi connectivity index (χ2n) is 6.94. The number of hydrogen-bond acceptors (Lipinski definition) is 5. The van der Waals surface area contributed by atoms with Crippen molar-refractivity contribution in [3.8, 4) is 0 Å². The van der Waals surface area contributed by atoms with Gasteiger partial charge in [-0.1, -0.05) is 12.1 Å². The van der Waals surface area contributed by atoms with Crippen molar-refractivity contribution in [2.45, 2.75) is 51.2 Å². The van der Waals surface area contributed by atoms with Gasteiger partial charge >= 0.3 is 0 Å². The smallest absolute Gasteiger partial charge is 0.260 e. The fourth-order valence-electron chi connectivity index (χ4n) is 3.13. The molecule has 6 nitrogen and oxygen atoms in total. The number of carbonyl (C=O) groups excluding carboxylic acids is 2. The van der Waals surface area contributed by atoms with Crippen LogP contribution in [0.1, 0.15) is 48.7 Å². The lowest BCUT2D eigenvalue weighted by Gasteiger charge is -2.16. The molecule has 28 heavy (non-hydrogen) atoms. The summed E-state index contributed by atoms with van der Waals surface area (Å²) in [4.78, 5) is 28.6. The second-order valence-corrected chi connectivity index (χ2v) is 7.79. The number of carbonyl (C=O) groups is 2. The van der Waals surface area contributed by atoms with Gasteiger partial charge in [0.2, 0.25) is 5.91 Å². The third kappa shape index (κ3) is 5.84.